The molecule has 2 aromatic carbocycles. The number of anilines is 1. The van der Waals surface area contributed by atoms with Crippen LogP contribution in [0.25, 0.3) is 0 Å². The predicted molar refractivity (Wildman–Crippen MR) is 109 cm³/mol. The summed E-state index contributed by atoms with van der Waals surface area (Å²) < 4.78 is 16.0. The monoisotopic (exact) mass is 397 g/mol. The molecule has 2 aromatic rings. The summed E-state index contributed by atoms with van der Waals surface area (Å²) in [6.07, 6.45) is 0.238. The fraction of sp³-hybridized carbons (Fsp3) is 0.286. The van der Waals surface area contributed by atoms with Crippen molar-refractivity contribution in [2.24, 2.45) is 5.10 Å². The fourth-order valence-corrected chi connectivity index (χ4v) is 2.72. The summed E-state index contributed by atoms with van der Waals surface area (Å²) in [6.45, 7) is 2.67. The first-order valence-electron chi connectivity index (χ1n) is 9.18. The van der Waals surface area contributed by atoms with Crippen LogP contribution in [0.4, 0.5) is 5.69 Å². The Morgan fingerprint density at radius 1 is 1.03 bits per heavy atom. The molecule has 0 radical (unpaired) electrons. The molecule has 0 aliphatic carbocycles. The van der Waals surface area contributed by atoms with Gasteiger partial charge in [-0.1, -0.05) is 12.1 Å². The molecule has 152 valence electrons. The predicted octanol–water partition coefficient (Wildman–Crippen LogP) is 2.53. The van der Waals surface area contributed by atoms with Crippen molar-refractivity contribution in [3.05, 3.63) is 48.0 Å². The van der Waals surface area contributed by atoms with Crippen molar-refractivity contribution in [3.63, 3.8) is 0 Å². The van der Waals surface area contributed by atoms with Gasteiger partial charge in [0.25, 0.3) is 0 Å². The zero-order chi connectivity index (χ0) is 20.6. The van der Waals surface area contributed by atoms with Crippen LogP contribution in [0.5, 0.6) is 17.2 Å². The van der Waals surface area contributed by atoms with Gasteiger partial charge in [0, 0.05) is 17.5 Å². The highest BCUT2D eigenvalue weighted by Gasteiger charge is 2.13. The molecule has 0 unspecified atom stereocenters. The van der Waals surface area contributed by atoms with Gasteiger partial charge in [-0.25, -0.2) is 5.43 Å². The van der Waals surface area contributed by atoms with Crippen LogP contribution in [0.15, 0.2) is 47.6 Å². The lowest BCUT2D eigenvalue weighted by atomic mass is 10.1. The Morgan fingerprint density at radius 3 is 2.48 bits per heavy atom. The molecule has 0 fully saturated rings. The number of hydrogen-bond acceptors (Lipinski definition) is 6. The molecule has 0 spiro atoms. The first kappa shape index (κ1) is 20.2. The van der Waals surface area contributed by atoms with Crippen LogP contribution in [0.3, 0.4) is 0 Å². The van der Waals surface area contributed by atoms with Crippen LogP contribution < -0.4 is 25.0 Å². The van der Waals surface area contributed by atoms with Crippen molar-refractivity contribution in [2.75, 3.05) is 25.6 Å². The number of benzene rings is 2. The van der Waals surface area contributed by atoms with E-state index >= 15 is 0 Å². The van der Waals surface area contributed by atoms with E-state index in [1.807, 2.05) is 12.1 Å². The van der Waals surface area contributed by atoms with Gasteiger partial charge >= 0.3 is 0 Å². The highest BCUT2D eigenvalue weighted by atomic mass is 16.6. The topological polar surface area (TPSA) is 98.2 Å². The van der Waals surface area contributed by atoms with Gasteiger partial charge in [-0.05, 0) is 36.8 Å². The Hall–Kier alpha value is -3.55. The maximum Gasteiger partial charge on any atom is 0.244 e. The minimum atomic E-state index is -0.262. The van der Waals surface area contributed by atoms with Gasteiger partial charge in [-0.15, -0.1) is 0 Å². The maximum absolute atomic E-state index is 12.2. The molecule has 0 saturated carbocycles. The molecule has 2 N–H and O–H groups in total. The van der Waals surface area contributed by atoms with Gasteiger partial charge in [0.15, 0.2) is 11.5 Å². The molecular weight excluding hydrogens is 374 g/mol. The van der Waals surface area contributed by atoms with Crippen LogP contribution in [0.2, 0.25) is 0 Å². The van der Waals surface area contributed by atoms with Crippen LogP contribution in [-0.2, 0) is 16.0 Å². The van der Waals surface area contributed by atoms with E-state index in [1.165, 1.54) is 0 Å². The number of rotatable bonds is 7. The number of hydrogen-bond donors (Lipinski definition) is 2. The molecule has 3 rings (SSSR count). The van der Waals surface area contributed by atoms with E-state index in [2.05, 4.69) is 15.8 Å². The van der Waals surface area contributed by atoms with E-state index in [0.29, 0.717) is 36.1 Å². The van der Waals surface area contributed by atoms with Gasteiger partial charge in [0.1, 0.15) is 19.0 Å². The SMILES string of the molecule is COc1ccc(CC(=O)N/N=C(/C)CC(=O)Nc2ccc3c(c2)OCCO3)cc1. The zero-order valence-electron chi connectivity index (χ0n) is 16.4. The number of fused-ring (bicyclic) bond motifs is 1. The lowest BCUT2D eigenvalue weighted by Crippen LogP contribution is -2.23. The molecule has 0 bridgehead atoms. The van der Waals surface area contributed by atoms with Crippen molar-refractivity contribution < 1.29 is 23.8 Å². The van der Waals surface area contributed by atoms with Crippen LogP contribution in [0, 0.1) is 0 Å². The number of amides is 2. The standard InChI is InChI=1S/C21H23N3O5/c1-14(23-24-21(26)12-15-3-6-17(27-2)7-4-15)11-20(25)22-16-5-8-18-19(13-16)29-10-9-28-18/h3-8,13H,9-12H2,1-2H3,(H,22,25)(H,24,26)/b23-14-. The third-order valence-corrected chi connectivity index (χ3v) is 4.14. The summed E-state index contributed by atoms with van der Waals surface area (Å²) in [5.74, 6) is 1.48. The fourth-order valence-electron chi connectivity index (χ4n) is 2.72. The normalized spacial score (nSPS) is 12.8. The molecule has 1 heterocycles. The second kappa shape index (κ2) is 9.59. The molecule has 0 saturated heterocycles. The van der Waals surface area contributed by atoms with Gasteiger partial charge in [-0.2, -0.15) is 5.10 Å². The Labute approximate surface area is 168 Å². The van der Waals surface area contributed by atoms with Crippen molar-refractivity contribution in [1.82, 2.24) is 5.43 Å². The minimum absolute atomic E-state index is 0.0528. The average molecular weight is 397 g/mol. The Kier molecular flexibility index (Phi) is 6.67. The van der Waals surface area contributed by atoms with Crippen LogP contribution in [0.1, 0.15) is 18.9 Å². The number of carbonyl (C=O) groups excluding carboxylic acids is 2. The number of carbonyl (C=O) groups is 2. The number of hydrazone groups is 1. The average Bonchev–Trinajstić information content (AvgIpc) is 2.72. The Bertz CT molecular complexity index is 909. The zero-order valence-corrected chi connectivity index (χ0v) is 16.4. The van der Waals surface area contributed by atoms with Crippen LogP contribution >= 0.6 is 0 Å². The smallest absolute Gasteiger partial charge is 0.244 e. The first-order valence-corrected chi connectivity index (χ1v) is 9.18. The third kappa shape index (κ3) is 5.97. The highest BCUT2D eigenvalue weighted by molar-refractivity contribution is 6.05. The first-order chi connectivity index (χ1) is 14.0. The molecule has 1 aliphatic heterocycles. The van der Waals surface area contributed by atoms with Gasteiger partial charge in [0.2, 0.25) is 11.8 Å². The molecule has 0 aromatic heterocycles. The third-order valence-electron chi connectivity index (χ3n) is 4.14. The Balaban J connectivity index is 1.47. The summed E-state index contributed by atoms with van der Waals surface area (Å²) in [6, 6.07) is 12.4. The lowest BCUT2D eigenvalue weighted by Gasteiger charge is -2.19. The van der Waals surface area contributed by atoms with Crippen molar-refractivity contribution >= 4 is 23.2 Å². The minimum Gasteiger partial charge on any atom is -0.497 e. The molecule has 0 atom stereocenters. The summed E-state index contributed by atoms with van der Waals surface area (Å²) in [5.41, 5.74) is 4.41. The van der Waals surface area contributed by atoms with Crippen molar-refractivity contribution in [2.45, 2.75) is 19.8 Å². The summed E-state index contributed by atoms with van der Waals surface area (Å²) >= 11 is 0. The van der Waals surface area contributed by atoms with Crippen molar-refractivity contribution in [1.29, 1.82) is 0 Å². The number of nitrogens with one attached hydrogen (secondary N) is 2. The summed E-state index contributed by atoms with van der Waals surface area (Å²) in [4.78, 5) is 24.2. The maximum atomic E-state index is 12.2. The van der Waals surface area contributed by atoms with Gasteiger partial charge in [0.05, 0.1) is 20.0 Å². The second-order valence-electron chi connectivity index (χ2n) is 6.49. The molecular formula is C21H23N3O5. The summed E-state index contributed by atoms with van der Waals surface area (Å²) in [5, 5.41) is 6.77. The van der Waals surface area contributed by atoms with E-state index in [0.717, 1.165) is 11.3 Å². The van der Waals surface area contributed by atoms with E-state index < -0.39 is 0 Å². The molecule has 8 nitrogen and oxygen atoms in total. The van der Waals surface area contributed by atoms with E-state index in [9.17, 15) is 9.59 Å². The number of nitrogens with zero attached hydrogens (tertiary/aromatic N) is 1. The van der Waals surface area contributed by atoms with Gasteiger partial charge in [-0.3, -0.25) is 9.59 Å². The Morgan fingerprint density at radius 2 is 1.76 bits per heavy atom. The molecule has 8 heteroatoms. The van der Waals surface area contributed by atoms with Crippen molar-refractivity contribution in [3.8, 4) is 17.2 Å². The van der Waals surface area contributed by atoms with E-state index in [1.54, 1.807) is 44.4 Å². The molecule has 1 aliphatic rings. The lowest BCUT2D eigenvalue weighted by molar-refractivity contribution is -0.120. The number of methoxy groups -OCH3 is 1. The van der Waals surface area contributed by atoms with Crippen LogP contribution in [-0.4, -0.2) is 37.8 Å². The molecule has 2 amide bonds. The van der Waals surface area contributed by atoms with E-state index in [-0.39, 0.29) is 24.7 Å². The second-order valence-corrected chi connectivity index (χ2v) is 6.49. The molecule has 29 heavy (non-hydrogen) atoms. The summed E-state index contributed by atoms with van der Waals surface area (Å²) in [7, 11) is 1.59. The van der Waals surface area contributed by atoms with E-state index in [4.69, 9.17) is 14.2 Å². The van der Waals surface area contributed by atoms with Gasteiger partial charge < -0.3 is 19.5 Å². The quantitative estimate of drug-likeness (QED) is 0.553. The number of ether oxygens (including phenoxy) is 3. The largest absolute Gasteiger partial charge is 0.497 e. The highest BCUT2D eigenvalue weighted by Crippen LogP contribution is 2.32.